The molecule has 0 saturated carbocycles. The van der Waals surface area contributed by atoms with Crippen molar-refractivity contribution in [1.82, 2.24) is 9.78 Å². The van der Waals surface area contributed by atoms with E-state index in [9.17, 15) is 14.4 Å². The first-order valence-electron chi connectivity index (χ1n) is 7.17. The third-order valence-electron chi connectivity index (χ3n) is 3.41. The Hall–Kier alpha value is -2.48. The molecule has 2 aromatic rings. The monoisotopic (exact) mass is 394 g/mol. The third kappa shape index (κ3) is 3.88. The van der Waals surface area contributed by atoms with Crippen molar-refractivity contribution in [3.05, 3.63) is 55.9 Å². The number of nitrogens with zero attached hydrogens (tertiary/aromatic N) is 2. The molecule has 0 aliphatic heterocycles. The van der Waals surface area contributed by atoms with Crippen molar-refractivity contribution in [1.29, 1.82) is 0 Å². The van der Waals surface area contributed by atoms with E-state index >= 15 is 0 Å². The largest absolute Gasteiger partial charge is 0.481 e. The Morgan fingerprint density at radius 3 is 2.21 bits per heavy atom. The van der Waals surface area contributed by atoms with E-state index in [1.165, 1.54) is 4.68 Å². The molecule has 8 heteroatoms. The van der Waals surface area contributed by atoms with Gasteiger partial charge in [-0.1, -0.05) is 22.9 Å². The van der Waals surface area contributed by atoms with Crippen LogP contribution in [0.1, 0.15) is 23.9 Å². The fourth-order valence-corrected chi connectivity index (χ4v) is 2.68. The highest BCUT2D eigenvalue weighted by molar-refractivity contribution is 9.10. The van der Waals surface area contributed by atoms with Gasteiger partial charge in [-0.05, 0) is 30.7 Å². The summed E-state index contributed by atoms with van der Waals surface area (Å²) in [5.41, 5.74) is 0.343. The molecule has 0 atom stereocenters. The summed E-state index contributed by atoms with van der Waals surface area (Å²) in [5, 5.41) is 22.2. The van der Waals surface area contributed by atoms with Crippen molar-refractivity contribution >= 4 is 27.9 Å². The van der Waals surface area contributed by atoms with Gasteiger partial charge in [-0.15, -0.1) is 0 Å². The van der Waals surface area contributed by atoms with Crippen molar-refractivity contribution < 1.29 is 19.8 Å². The van der Waals surface area contributed by atoms with Crippen LogP contribution >= 0.6 is 15.9 Å². The Kier molecular flexibility index (Phi) is 5.50. The first-order chi connectivity index (χ1) is 11.3. The first-order valence-corrected chi connectivity index (χ1v) is 7.96. The number of carboxylic acids is 2. The molecule has 0 unspecified atom stereocenters. The molecular formula is C16H15BrN2O5. The molecule has 0 spiro atoms. The van der Waals surface area contributed by atoms with E-state index in [1.807, 2.05) is 0 Å². The molecule has 0 bridgehead atoms. The number of hydrogen-bond acceptors (Lipinski definition) is 4. The summed E-state index contributed by atoms with van der Waals surface area (Å²) in [6.07, 6.45) is -0.659. The van der Waals surface area contributed by atoms with E-state index in [0.717, 1.165) is 4.47 Å². The van der Waals surface area contributed by atoms with Crippen molar-refractivity contribution in [2.45, 2.75) is 26.2 Å². The standard InChI is InChI=1S/C16H15BrN2O5/c1-2-13-11(7-14(20)21)16(24)12(8-15(22)23)18-19(13)10-5-3-9(17)4-6-10/h3-6H,2,7-8H2,1H3,(H,20,21)(H,22,23). The zero-order valence-electron chi connectivity index (χ0n) is 12.8. The summed E-state index contributed by atoms with van der Waals surface area (Å²) in [5.74, 6) is -2.36. The maximum Gasteiger partial charge on any atom is 0.309 e. The highest BCUT2D eigenvalue weighted by Gasteiger charge is 2.20. The van der Waals surface area contributed by atoms with E-state index < -0.39 is 30.2 Å². The van der Waals surface area contributed by atoms with E-state index in [-0.39, 0.29) is 11.3 Å². The van der Waals surface area contributed by atoms with Crippen LogP contribution in [0.4, 0.5) is 0 Å². The van der Waals surface area contributed by atoms with Crippen molar-refractivity contribution in [3.8, 4) is 5.69 Å². The van der Waals surface area contributed by atoms with E-state index in [1.54, 1.807) is 31.2 Å². The minimum atomic E-state index is -1.20. The molecular weight excluding hydrogens is 380 g/mol. The fraction of sp³-hybridized carbons (Fsp3) is 0.250. The number of halogens is 1. The minimum Gasteiger partial charge on any atom is -0.481 e. The molecule has 0 aliphatic carbocycles. The second-order valence-electron chi connectivity index (χ2n) is 5.08. The van der Waals surface area contributed by atoms with Crippen LogP contribution in [-0.2, 0) is 28.9 Å². The summed E-state index contributed by atoms with van der Waals surface area (Å²) in [4.78, 5) is 34.6. The highest BCUT2D eigenvalue weighted by Crippen LogP contribution is 2.17. The maximum absolute atomic E-state index is 12.4. The van der Waals surface area contributed by atoms with E-state index in [0.29, 0.717) is 17.8 Å². The normalized spacial score (nSPS) is 10.6. The molecule has 2 N–H and O–H groups in total. The second kappa shape index (κ2) is 7.39. The fourth-order valence-electron chi connectivity index (χ4n) is 2.41. The third-order valence-corrected chi connectivity index (χ3v) is 3.94. The van der Waals surface area contributed by atoms with Gasteiger partial charge in [-0.25, -0.2) is 4.68 Å². The van der Waals surface area contributed by atoms with Crippen LogP contribution in [0, 0.1) is 0 Å². The summed E-state index contributed by atoms with van der Waals surface area (Å²) in [6, 6.07) is 7.05. The Bertz CT molecular complexity index is 843. The van der Waals surface area contributed by atoms with Crippen molar-refractivity contribution in [3.63, 3.8) is 0 Å². The molecule has 1 aromatic carbocycles. The summed E-state index contributed by atoms with van der Waals surface area (Å²) in [6.45, 7) is 1.79. The topological polar surface area (TPSA) is 109 Å². The molecule has 1 aromatic heterocycles. The lowest BCUT2D eigenvalue weighted by atomic mass is 10.1. The number of benzene rings is 1. The lowest BCUT2D eigenvalue weighted by Gasteiger charge is -2.16. The van der Waals surface area contributed by atoms with Gasteiger partial charge in [0.1, 0.15) is 5.69 Å². The molecule has 24 heavy (non-hydrogen) atoms. The number of aliphatic carboxylic acids is 2. The highest BCUT2D eigenvalue weighted by atomic mass is 79.9. The number of carbonyl (C=O) groups is 2. The molecule has 0 radical (unpaired) electrons. The second-order valence-corrected chi connectivity index (χ2v) is 6.00. The van der Waals surface area contributed by atoms with Gasteiger partial charge in [0.05, 0.1) is 24.2 Å². The molecule has 1 heterocycles. The minimum absolute atomic E-state index is 0.0687. The van der Waals surface area contributed by atoms with Crippen LogP contribution < -0.4 is 5.43 Å². The Morgan fingerprint density at radius 1 is 1.12 bits per heavy atom. The quantitative estimate of drug-likeness (QED) is 0.772. The van der Waals surface area contributed by atoms with Crippen LogP contribution in [0.5, 0.6) is 0 Å². The predicted molar refractivity (Wildman–Crippen MR) is 89.6 cm³/mol. The van der Waals surface area contributed by atoms with Crippen LogP contribution in [0.25, 0.3) is 5.69 Å². The summed E-state index contributed by atoms with van der Waals surface area (Å²) in [7, 11) is 0. The molecule has 7 nitrogen and oxygen atoms in total. The van der Waals surface area contributed by atoms with Gasteiger partial charge >= 0.3 is 11.9 Å². The smallest absolute Gasteiger partial charge is 0.309 e. The van der Waals surface area contributed by atoms with Crippen LogP contribution in [0.3, 0.4) is 0 Å². The molecule has 0 fully saturated rings. The van der Waals surface area contributed by atoms with Crippen LogP contribution in [0.2, 0.25) is 0 Å². The SMILES string of the molecule is CCc1c(CC(=O)O)c(=O)c(CC(=O)O)nn1-c1ccc(Br)cc1. The summed E-state index contributed by atoms with van der Waals surface area (Å²) < 4.78 is 2.30. The van der Waals surface area contributed by atoms with E-state index in [2.05, 4.69) is 21.0 Å². The van der Waals surface area contributed by atoms with Gasteiger partial charge in [-0.3, -0.25) is 14.4 Å². The lowest BCUT2D eigenvalue weighted by molar-refractivity contribution is -0.137. The molecule has 2 rings (SSSR count). The molecule has 0 amide bonds. The van der Waals surface area contributed by atoms with E-state index in [4.69, 9.17) is 10.2 Å². The van der Waals surface area contributed by atoms with Crippen LogP contribution in [0.15, 0.2) is 33.5 Å². The Morgan fingerprint density at radius 2 is 1.71 bits per heavy atom. The average Bonchev–Trinajstić information content (AvgIpc) is 2.51. The number of rotatable bonds is 6. The molecule has 0 saturated heterocycles. The number of hydrogen-bond donors (Lipinski definition) is 2. The predicted octanol–water partition coefficient (Wildman–Crippen LogP) is 1.81. The van der Waals surface area contributed by atoms with Crippen molar-refractivity contribution in [2.24, 2.45) is 0 Å². The molecule has 0 aliphatic rings. The number of aromatic nitrogens is 2. The Balaban J connectivity index is 2.76. The Labute approximate surface area is 145 Å². The maximum atomic E-state index is 12.4. The first kappa shape index (κ1) is 17.9. The average molecular weight is 395 g/mol. The lowest BCUT2D eigenvalue weighted by Crippen LogP contribution is -2.28. The van der Waals surface area contributed by atoms with Gasteiger partial charge in [0, 0.05) is 10.0 Å². The van der Waals surface area contributed by atoms with Gasteiger partial charge in [0.2, 0.25) is 5.43 Å². The number of carboxylic acid groups (broad SMARTS) is 2. The van der Waals surface area contributed by atoms with Crippen molar-refractivity contribution in [2.75, 3.05) is 0 Å². The zero-order chi connectivity index (χ0) is 17.9. The van der Waals surface area contributed by atoms with Crippen LogP contribution in [-0.4, -0.2) is 31.9 Å². The summed E-state index contributed by atoms with van der Waals surface area (Å²) >= 11 is 3.32. The molecule has 126 valence electrons. The van der Waals surface area contributed by atoms with Gasteiger partial charge in [-0.2, -0.15) is 5.10 Å². The van der Waals surface area contributed by atoms with Gasteiger partial charge < -0.3 is 10.2 Å². The van der Waals surface area contributed by atoms with Gasteiger partial charge in [0.15, 0.2) is 0 Å². The van der Waals surface area contributed by atoms with Gasteiger partial charge in [0.25, 0.3) is 0 Å². The zero-order valence-corrected chi connectivity index (χ0v) is 14.4.